The molecule has 4 rings (SSSR count). The van der Waals surface area contributed by atoms with E-state index in [4.69, 9.17) is 9.73 Å². The molecule has 0 saturated carbocycles. The zero-order valence-electron chi connectivity index (χ0n) is 18.6. The monoisotopic (exact) mass is 453 g/mol. The van der Waals surface area contributed by atoms with E-state index in [1.54, 1.807) is 18.9 Å². The van der Waals surface area contributed by atoms with Crippen LogP contribution in [0.2, 0.25) is 0 Å². The van der Waals surface area contributed by atoms with Gasteiger partial charge in [0.15, 0.2) is 5.17 Å². The van der Waals surface area contributed by atoms with Gasteiger partial charge in [0.05, 0.1) is 23.5 Å². The number of aliphatic imine (C=N–C) groups is 1. The van der Waals surface area contributed by atoms with E-state index in [1.165, 1.54) is 17.3 Å². The Kier molecular flexibility index (Phi) is 6.34. The molecule has 2 aromatic carbocycles. The van der Waals surface area contributed by atoms with Gasteiger partial charge in [-0.3, -0.25) is 9.69 Å². The van der Waals surface area contributed by atoms with Crippen LogP contribution < -0.4 is 9.64 Å². The van der Waals surface area contributed by atoms with Crippen LogP contribution in [-0.4, -0.2) is 36.7 Å². The maximum Gasteiger partial charge on any atom is 0.269 e. The lowest BCUT2D eigenvalue weighted by molar-refractivity contribution is -0.122. The second-order valence-electron chi connectivity index (χ2n) is 7.65. The Morgan fingerprint density at radius 3 is 2.68 bits per heavy atom. The summed E-state index contributed by atoms with van der Waals surface area (Å²) in [6.07, 6.45) is 1.97. The van der Waals surface area contributed by atoms with Crippen LogP contribution in [0.1, 0.15) is 30.9 Å². The van der Waals surface area contributed by atoms with E-state index >= 15 is 0 Å². The summed E-state index contributed by atoms with van der Waals surface area (Å²) in [5.41, 5.74) is 4.32. The van der Waals surface area contributed by atoms with E-state index in [2.05, 4.69) is 31.7 Å². The number of anilines is 1. The third-order valence-corrected chi connectivity index (χ3v) is 8.06. The SMILES string of the molecule is CCCCN1C(=O)/C(=C2/Sc3ccc(OC)cc3N2C)SC1=Nc1cccc(C)c1C. The highest BCUT2D eigenvalue weighted by Gasteiger charge is 2.39. The van der Waals surface area contributed by atoms with Crippen LogP contribution in [0.15, 0.2) is 56.2 Å². The van der Waals surface area contributed by atoms with Crippen molar-refractivity contribution in [3.63, 3.8) is 0 Å². The van der Waals surface area contributed by atoms with Crippen molar-refractivity contribution in [2.24, 2.45) is 4.99 Å². The highest BCUT2D eigenvalue weighted by atomic mass is 32.2. The van der Waals surface area contributed by atoms with E-state index in [0.29, 0.717) is 6.54 Å². The standard InChI is InChI=1S/C24H27N3O2S2/c1-6-7-13-27-22(28)21(31-24(27)25-18-10-8-9-15(2)16(18)3)23-26(4)19-14-17(29-5)11-12-20(19)30-23/h8-12,14H,6-7,13H2,1-5H3/b23-21-,25-24?. The van der Waals surface area contributed by atoms with Crippen LogP contribution in [0.3, 0.4) is 0 Å². The predicted molar refractivity (Wildman–Crippen MR) is 132 cm³/mol. The zero-order valence-corrected chi connectivity index (χ0v) is 20.2. The van der Waals surface area contributed by atoms with Crippen molar-refractivity contribution in [3.8, 4) is 5.75 Å². The number of thioether (sulfide) groups is 2. The smallest absolute Gasteiger partial charge is 0.269 e. The topological polar surface area (TPSA) is 45.1 Å². The number of amides is 1. The third kappa shape index (κ3) is 4.08. The lowest BCUT2D eigenvalue weighted by Crippen LogP contribution is -2.30. The Morgan fingerprint density at radius 1 is 1.13 bits per heavy atom. The fraction of sp³-hybridized carbons (Fsp3) is 0.333. The number of aryl methyl sites for hydroxylation is 1. The molecule has 0 aliphatic carbocycles. The number of hydrogen-bond acceptors (Lipinski definition) is 6. The minimum atomic E-state index is 0.0385. The van der Waals surface area contributed by atoms with Crippen molar-refractivity contribution >= 4 is 46.0 Å². The first-order chi connectivity index (χ1) is 14.9. The summed E-state index contributed by atoms with van der Waals surface area (Å²) in [6, 6.07) is 12.1. The van der Waals surface area contributed by atoms with Gasteiger partial charge in [-0.1, -0.05) is 37.2 Å². The van der Waals surface area contributed by atoms with E-state index in [9.17, 15) is 4.79 Å². The number of hydrogen-bond donors (Lipinski definition) is 0. The average molecular weight is 454 g/mol. The van der Waals surface area contributed by atoms with Crippen molar-refractivity contribution in [2.75, 3.05) is 25.6 Å². The summed E-state index contributed by atoms with van der Waals surface area (Å²) < 4.78 is 5.38. The van der Waals surface area contributed by atoms with Crippen LogP contribution in [0.25, 0.3) is 0 Å². The summed E-state index contributed by atoms with van der Waals surface area (Å²) in [7, 11) is 3.67. The third-order valence-electron chi connectivity index (χ3n) is 5.62. The molecule has 1 fully saturated rings. The average Bonchev–Trinajstić information content (AvgIpc) is 3.25. The summed E-state index contributed by atoms with van der Waals surface area (Å²) in [5, 5.41) is 1.71. The summed E-state index contributed by atoms with van der Waals surface area (Å²) in [5.74, 6) is 0.848. The van der Waals surface area contributed by atoms with E-state index in [0.717, 1.165) is 55.5 Å². The lowest BCUT2D eigenvalue weighted by Gasteiger charge is -2.16. The molecular formula is C24H27N3O2S2. The number of carbonyl (C=O) groups is 1. The van der Waals surface area contributed by atoms with Crippen molar-refractivity contribution in [2.45, 2.75) is 38.5 Å². The molecule has 0 atom stereocenters. The Bertz CT molecular complexity index is 1090. The molecule has 0 N–H and O–H groups in total. The Morgan fingerprint density at radius 2 is 1.94 bits per heavy atom. The molecule has 2 aliphatic rings. The number of rotatable bonds is 5. The molecular weight excluding hydrogens is 426 g/mol. The molecule has 2 heterocycles. The molecule has 0 bridgehead atoms. The fourth-order valence-electron chi connectivity index (χ4n) is 3.54. The molecule has 2 aromatic rings. The lowest BCUT2D eigenvalue weighted by atomic mass is 10.1. The van der Waals surface area contributed by atoms with Crippen LogP contribution in [0, 0.1) is 13.8 Å². The number of benzene rings is 2. The number of nitrogens with zero attached hydrogens (tertiary/aromatic N) is 3. The molecule has 1 amide bonds. The quantitative estimate of drug-likeness (QED) is 0.513. The Labute approximate surface area is 192 Å². The van der Waals surface area contributed by atoms with Gasteiger partial charge in [0, 0.05) is 24.6 Å². The van der Waals surface area contributed by atoms with Crippen molar-refractivity contribution in [3.05, 3.63) is 57.5 Å². The maximum atomic E-state index is 13.5. The highest BCUT2D eigenvalue weighted by Crippen LogP contribution is 2.51. The molecule has 2 aliphatic heterocycles. The molecule has 0 spiro atoms. The molecule has 1 saturated heterocycles. The number of ether oxygens (including phenoxy) is 1. The zero-order chi connectivity index (χ0) is 22.1. The van der Waals surface area contributed by atoms with Gasteiger partial charge in [-0.15, -0.1) is 0 Å². The van der Waals surface area contributed by atoms with Crippen LogP contribution >= 0.6 is 23.5 Å². The minimum absolute atomic E-state index is 0.0385. The number of methoxy groups -OCH3 is 1. The van der Waals surface area contributed by atoms with E-state index < -0.39 is 0 Å². The summed E-state index contributed by atoms with van der Waals surface area (Å²) >= 11 is 3.11. The summed E-state index contributed by atoms with van der Waals surface area (Å²) in [6.45, 7) is 6.98. The second-order valence-corrected chi connectivity index (χ2v) is 9.66. The Hall–Kier alpha value is -2.38. The van der Waals surface area contributed by atoms with Crippen molar-refractivity contribution in [1.29, 1.82) is 0 Å². The van der Waals surface area contributed by atoms with Crippen molar-refractivity contribution in [1.82, 2.24) is 4.90 Å². The van der Waals surface area contributed by atoms with Crippen molar-refractivity contribution < 1.29 is 9.53 Å². The van der Waals surface area contributed by atoms with Crippen LogP contribution in [0.5, 0.6) is 5.75 Å². The Balaban J connectivity index is 1.74. The van der Waals surface area contributed by atoms with Gasteiger partial charge < -0.3 is 9.64 Å². The number of unbranched alkanes of at least 4 members (excludes halogenated alkanes) is 1. The highest BCUT2D eigenvalue weighted by molar-refractivity contribution is 8.19. The van der Waals surface area contributed by atoms with Gasteiger partial charge in [0.2, 0.25) is 0 Å². The van der Waals surface area contributed by atoms with Gasteiger partial charge in [-0.2, -0.15) is 0 Å². The van der Waals surface area contributed by atoms with Gasteiger partial charge in [-0.25, -0.2) is 4.99 Å². The molecule has 162 valence electrons. The first kappa shape index (κ1) is 21.8. The normalized spacial score (nSPS) is 19.5. The number of carbonyl (C=O) groups excluding carboxylic acids is 1. The fourth-order valence-corrected chi connectivity index (χ4v) is 5.89. The first-order valence-electron chi connectivity index (χ1n) is 10.4. The van der Waals surface area contributed by atoms with Crippen LogP contribution in [-0.2, 0) is 4.79 Å². The molecule has 5 nitrogen and oxygen atoms in total. The molecule has 0 radical (unpaired) electrons. The maximum absolute atomic E-state index is 13.5. The van der Waals surface area contributed by atoms with E-state index in [1.807, 2.05) is 42.3 Å². The van der Waals surface area contributed by atoms with Crippen LogP contribution in [0.4, 0.5) is 11.4 Å². The minimum Gasteiger partial charge on any atom is -0.497 e. The first-order valence-corrected chi connectivity index (χ1v) is 12.1. The van der Waals surface area contributed by atoms with Gasteiger partial charge >= 0.3 is 0 Å². The molecule has 0 aromatic heterocycles. The number of amidine groups is 1. The van der Waals surface area contributed by atoms with E-state index in [-0.39, 0.29) is 5.91 Å². The molecule has 31 heavy (non-hydrogen) atoms. The predicted octanol–water partition coefficient (Wildman–Crippen LogP) is 6.09. The molecule has 0 unspecified atom stereocenters. The number of fused-ring (bicyclic) bond motifs is 1. The van der Waals surface area contributed by atoms with Gasteiger partial charge in [0.25, 0.3) is 5.91 Å². The molecule has 7 heteroatoms. The largest absolute Gasteiger partial charge is 0.497 e. The van der Waals surface area contributed by atoms with Gasteiger partial charge in [0.1, 0.15) is 10.7 Å². The second kappa shape index (κ2) is 9.01. The summed E-state index contributed by atoms with van der Waals surface area (Å²) in [4.78, 5) is 24.2. The van der Waals surface area contributed by atoms with Gasteiger partial charge in [-0.05, 0) is 61.4 Å².